The second-order valence-electron chi connectivity index (χ2n) is 4.56. The highest BCUT2D eigenvalue weighted by molar-refractivity contribution is 5.78. The first-order valence-electron chi connectivity index (χ1n) is 6.09. The Balaban J connectivity index is 1.83. The number of hydrogen-bond donors (Lipinski definition) is 2. The molecule has 1 aliphatic rings. The van der Waals surface area contributed by atoms with E-state index in [4.69, 9.17) is 4.74 Å². The van der Waals surface area contributed by atoms with Gasteiger partial charge >= 0.3 is 0 Å². The van der Waals surface area contributed by atoms with Crippen LogP contribution in [-0.4, -0.2) is 35.8 Å². The Hall–Kier alpha value is -1.39. The summed E-state index contributed by atoms with van der Waals surface area (Å²) in [6, 6.07) is 6.21. The zero-order valence-corrected chi connectivity index (χ0v) is 9.99. The number of H-pyrrole nitrogens is 1. The minimum absolute atomic E-state index is 0.240. The van der Waals surface area contributed by atoms with E-state index in [1.54, 1.807) is 0 Å². The van der Waals surface area contributed by atoms with E-state index < -0.39 is 0 Å². The third-order valence-electron chi connectivity index (χ3n) is 3.19. The summed E-state index contributed by atoms with van der Waals surface area (Å²) in [6.07, 6.45) is 1.09. The lowest BCUT2D eigenvalue weighted by atomic mass is 10.2. The number of morpholine rings is 1. The Morgan fingerprint density at radius 1 is 1.47 bits per heavy atom. The maximum Gasteiger partial charge on any atom is 0.109 e. The van der Waals surface area contributed by atoms with Gasteiger partial charge in [-0.3, -0.25) is 0 Å². The van der Waals surface area contributed by atoms with Crippen LogP contribution in [0.2, 0.25) is 0 Å². The highest BCUT2D eigenvalue weighted by atomic mass is 16.5. The van der Waals surface area contributed by atoms with Crippen molar-refractivity contribution in [3.05, 3.63) is 29.6 Å². The quantitative estimate of drug-likeness (QED) is 0.821. The molecule has 0 radical (unpaired) electrons. The molecule has 0 aliphatic carbocycles. The highest BCUT2D eigenvalue weighted by Gasteiger charge is 2.16. The van der Waals surface area contributed by atoms with Crippen LogP contribution in [0.4, 0.5) is 0 Å². The van der Waals surface area contributed by atoms with Crippen molar-refractivity contribution >= 4 is 11.0 Å². The molecule has 2 aromatic rings. The van der Waals surface area contributed by atoms with Crippen LogP contribution < -0.4 is 5.32 Å². The highest BCUT2D eigenvalue weighted by Crippen LogP contribution is 2.16. The molecule has 4 nitrogen and oxygen atoms in total. The zero-order valence-electron chi connectivity index (χ0n) is 9.99. The van der Waals surface area contributed by atoms with E-state index in [-0.39, 0.29) is 6.10 Å². The summed E-state index contributed by atoms with van der Waals surface area (Å²) in [5.74, 6) is 1.02. The molecule has 1 saturated heterocycles. The fourth-order valence-electron chi connectivity index (χ4n) is 2.29. The van der Waals surface area contributed by atoms with E-state index in [1.807, 2.05) is 0 Å². The van der Waals surface area contributed by atoms with Gasteiger partial charge in [0.25, 0.3) is 0 Å². The number of ether oxygens (including phenoxy) is 1. The Morgan fingerprint density at radius 3 is 3.18 bits per heavy atom. The van der Waals surface area contributed by atoms with Gasteiger partial charge < -0.3 is 15.0 Å². The predicted molar refractivity (Wildman–Crippen MR) is 67.1 cm³/mol. The maximum atomic E-state index is 5.69. The minimum Gasteiger partial charge on any atom is -0.375 e. The van der Waals surface area contributed by atoms with Gasteiger partial charge in [-0.2, -0.15) is 0 Å². The first kappa shape index (κ1) is 10.7. The van der Waals surface area contributed by atoms with Gasteiger partial charge in [0.1, 0.15) is 5.82 Å². The molecule has 1 fully saturated rings. The number of aryl methyl sites for hydroxylation is 1. The maximum absolute atomic E-state index is 5.69. The average molecular weight is 231 g/mol. The molecule has 1 atom stereocenters. The third-order valence-corrected chi connectivity index (χ3v) is 3.19. The van der Waals surface area contributed by atoms with Crippen LogP contribution in [0, 0.1) is 6.92 Å². The Labute approximate surface area is 100 Å². The standard InChI is InChI=1S/C13H17N3O/c1-9-3-2-4-11-13(9)16-12(15-11)7-10-8-14-5-6-17-10/h2-4,10,14H,5-8H2,1H3,(H,15,16). The number of benzene rings is 1. The number of nitrogens with zero attached hydrogens (tertiary/aromatic N) is 1. The molecule has 3 rings (SSSR count). The van der Waals surface area contributed by atoms with Crippen LogP contribution in [0.15, 0.2) is 18.2 Å². The van der Waals surface area contributed by atoms with Crippen molar-refractivity contribution in [3.8, 4) is 0 Å². The van der Waals surface area contributed by atoms with Gasteiger partial charge in [-0.25, -0.2) is 4.98 Å². The molecule has 90 valence electrons. The average Bonchev–Trinajstić information content (AvgIpc) is 2.74. The predicted octanol–water partition coefficient (Wildman–Crippen LogP) is 1.40. The van der Waals surface area contributed by atoms with Crippen molar-refractivity contribution in [1.82, 2.24) is 15.3 Å². The number of aromatic nitrogens is 2. The minimum atomic E-state index is 0.240. The van der Waals surface area contributed by atoms with Gasteiger partial charge in [-0.1, -0.05) is 12.1 Å². The molecule has 0 bridgehead atoms. The second-order valence-corrected chi connectivity index (χ2v) is 4.56. The van der Waals surface area contributed by atoms with Crippen molar-refractivity contribution in [2.75, 3.05) is 19.7 Å². The largest absolute Gasteiger partial charge is 0.375 e. The number of hydrogen-bond acceptors (Lipinski definition) is 3. The van der Waals surface area contributed by atoms with Crippen LogP contribution in [0.25, 0.3) is 11.0 Å². The van der Waals surface area contributed by atoms with Gasteiger partial charge in [0, 0.05) is 19.5 Å². The van der Waals surface area contributed by atoms with Crippen molar-refractivity contribution < 1.29 is 4.74 Å². The van der Waals surface area contributed by atoms with Crippen molar-refractivity contribution in [1.29, 1.82) is 0 Å². The summed E-state index contributed by atoms with van der Waals surface area (Å²) < 4.78 is 5.69. The van der Waals surface area contributed by atoms with E-state index in [0.717, 1.165) is 43.0 Å². The molecule has 4 heteroatoms. The summed E-state index contributed by atoms with van der Waals surface area (Å²) >= 11 is 0. The van der Waals surface area contributed by atoms with Gasteiger partial charge in [0.15, 0.2) is 0 Å². The molecule has 0 amide bonds. The Morgan fingerprint density at radius 2 is 2.41 bits per heavy atom. The summed E-state index contributed by atoms with van der Waals surface area (Å²) in [4.78, 5) is 8.01. The summed E-state index contributed by atoms with van der Waals surface area (Å²) in [5.41, 5.74) is 3.41. The van der Waals surface area contributed by atoms with Crippen molar-refractivity contribution in [3.63, 3.8) is 0 Å². The van der Waals surface area contributed by atoms with Crippen LogP contribution in [0.3, 0.4) is 0 Å². The van der Waals surface area contributed by atoms with E-state index in [2.05, 4.69) is 40.4 Å². The summed E-state index contributed by atoms with van der Waals surface area (Å²) in [6.45, 7) is 4.75. The molecule has 0 spiro atoms. The number of para-hydroxylation sites is 1. The molecule has 1 aliphatic heterocycles. The topological polar surface area (TPSA) is 49.9 Å². The van der Waals surface area contributed by atoms with Crippen LogP contribution in [0.5, 0.6) is 0 Å². The first-order valence-corrected chi connectivity index (χ1v) is 6.09. The number of rotatable bonds is 2. The van der Waals surface area contributed by atoms with Crippen molar-refractivity contribution in [2.24, 2.45) is 0 Å². The summed E-state index contributed by atoms with van der Waals surface area (Å²) in [7, 11) is 0. The Kier molecular flexibility index (Phi) is 2.82. The van der Waals surface area contributed by atoms with Gasteiger partial charge in [0.05, 0.1) is 23.7 Å². The monoisotopic (exact) mass is 231 g/mol. The fourth-order valence-corrected chi connectivity index (χ4v) is 2.29. The fraction of sp³-hybridized carbons (Fsp3) is 0.462. The molecule has 2 N–H and O–H groups in total. The normalized spacial score (nSPS) is 20.9. The number of fused-ring (bicyclic) bond motifs is 1. The van der Waals surface area contributed by atoms with Crippen LogP contribution in [0.1, 0.15) is 11.4 Å². The first-order chi connectivity index (χ1) is 8.33. The smallest absolute Gasteiger partial charge is 0.109 e. The third kappa shape index (κ3) is 2.18. The van der Waals surface area contributed by atoms with Gasteiger partial charge in [-0.05, 0) is 18.6 Å². The zero-order chi connectivity index (χ0) is 11.7. The molecule has 1 unspecified atom stereocenters. The van der Waals surface area contributed by atoms with Crippen LogP contribution in [-0.2, 0) is 11.2 Å². The second kappa shape index (κ2) is 4.47. The van der Waals surface area contributed by atoms with Crippen molar-refractivity contribution in [2.45, 2.75) is 19.4 Å². The van der Waals surface area contributed by atoms with Gasteiger partial charge in [0.2, 0.25) is 0 Å². The molecule has 0 saturated carbocycles. The lowest BCUT2D eigenvalue weighted by Gasteiger charge is -2.22. The number of imidazole rings is 1. The molecule has 2 heterocycles. The number of aromatic amines is 1. The Bertz CT molecular complexity index is 514. The summed E-state index contributed by atoms with van der Waals surface area (Å²) in [5, 5.41) is 3.33. The molecule has 17 heavy (non-hydrogen) atoms. The number of nitrogens with one attached hydrogen (secondary N) is 2. The van der Waals surface area contributed by atoms with E-state index in [9.17, 15) is 0 Å². The SMILES string of the molecule is Cc1cccc2[nH]c(CC3CNCCO3)nc12. The van der Waals surface area contributed by atoms with Gasteiger partial charge in [-0.15, -0.1) is 0 Å². The lowest BCUT2D eigenvalue weighted by Crippen LogP contribution is -2.39. The van der Waals surface area contributed by atoms with Crippen LogP contribution >= 0.6 is 0 Å². The van der Waals surface area contributed by atoms with E-state index in [1.165, 1.54) is 5.56 Å². The van der Waals surface area contributed by atoms with E-state index in [0.29, 0.717) is 0 Å². The molecule has 1 aromatic heterocycles. The molecular weight excluding hydrogens is 214 g/mol. The molecule has 1 aromatic carbocycles. The van der Waals surface area contributed by atoms with E-state index >= 15 is 0 Å². The lowest BCUT2D eigenvalue weighted by molar-refractivity contribution is 0.0282. The molecular formula is C13H17N3O.